The van der Waals surface area contributed by atoms with Crippen LogP contribution in [-0.2, 0) is 5.41 Å². The Morgan fingerprint density at radius 1 is 0.298 bits per heavy atom. The normalized spacial score (nSPS) is 13.1. The van der Waals surface area contributed by atoms with Gasteiger partial charge in [0, 0.05) is 12.4 Å². The molecule has 0 N–H and O–H groups in total. The molecule has 0 fully saturated rings. The van der Waals surface area contributed by atoms with Crippen molar-refractivity contribution >= 4 is 21.5 Å². The summed E-state index contributed by atoms with van der Waals surface area (Å²) in [6, 6.07) is 68.6. The third kappa shape index (κ3) is 4.63. The molecule has 2 aliphatic rings. The molecule has 3 heteroatoms. The molecule has 3 heterocycles. The molecule has 2 aliphatic carbocycles. The molecule has 0 saturated carbocycles. The van der Waals surface area contributed by atoms with E-state index in [9.17, 15) is 0 Å². The molecule has 0 bridgehead atoms. The zero-order valence-corrected chi connectivity index (χ0v) is 30.9. The van der Waals surface area contributed by atoms with Gasteiger partial charge in [0.25, 0.3) is 0 Å². The van der Waals surface area contributed by atoms with Gasteiger partial charge >= 0.3 is 0 Å². The maximum Gasteiger partial charge on any atom is 0.0900 e. The fourth-order valence-electron chi connectivity index (χ4n) is 9.77. The number of nitrogens with zero attached hydrogens (tertiary/aromatic N) is 3. The van der Waals surface area contributed by atoms with Crippen molar-refractivity contribution in [3.8, 4) is 67.3 Å². The number of hydrogen-bond donors (Lipinski definition) is 0. The lowest BCUT2D eigenvalue weighted by Gasteiger charge is -2.31. The molecule has 12 rings (SSSR count). The van der Waals surface area contributed by atoms with Crippen molar-refractivity contribution in [2.24, 2.45) is 0 Å². The van der Waals surface area contributed by atoms with Gasteiger partial charge in [-0.25, -0.2) is 4.98 Å². The number of rotatable bonds is 4. The summed E-state index contributed by atoms with van der Waals surface area (Å²) in [5.41, 5.74) is 17.8. The maximum atomic E-state index is 5.09. The van der Waals surface area contributed by atoms with Crippen LogP contribution in [0.4, 0.5) is 0 Å². The molecule has 0 aliphatic heterocycles. The predicted molar refractivity (Wildman–Crippen MR) is 233 cm³/mol. The number of aromatic nitrogens is 3. The van der Waals surface area contributed by atoms with E-state index in [2.05, 4.69) is 152 Å². The zero-order chi connectivity index (χ0) is 37.5. The van der Waals surface area contributed by atoms with Crippen LogP contribution in [0.2, 0.25) is 0 Å². The van der Waals surface area contributed by atoms with Gasteiger partial charge < -0.3 is 0 Å². The Kier molecular flexibility index (Phi) is 6.84. The Bertz CT molecular complexity index is 3140. The lowest BCUT2D eigenvalue weighted by Crippen LogP contribution is -2.26. The topological polar surface area (TPSA) is 38.7 Å². The van der Waals surface area contributed by atoms with E-state index in [-0.39, 0.29) is 0 Å². The first-order valence-electron chi connectivity index (χ1n) is 19.5. The van der Waals surface area contributed by atoms with Crippen molar-refractivity contribution in [1.82, 2.24) is 15.0 Å². The van der Waals surface area contributed by atoms with Crippen molar-refractivity contribution in [2.45, 2.75) is 5.41 Å². The molecular weight excluding hydrogens is 691 g/mol. The van der Waals surface area contributed by atoms with Crippen LogP contribution in [0, 0.1) is 0 Å². The second-order valence-electron chi connectivity index (χ2n) is 15.1. The first-order chi connectivity index (χ1) is 28.3. The summed E-state index contributed by atoms with van der Waals surface area (Å²) >= 11 is 0. The molecule has 264 valence electrons. The summed E-state index contributed by atoms with van der Waals surface area (Å²) in [6.45, 7) is 0. The summed E-state index contributed by atoms with van der Waals surface area (Å²) in [6.07, 6.45) is 3.65. The van der Waals surface area contributed by atoms with Gasteiger partial charge in [0.2, 0.25) is 0 Å². The van der Waals surface area contributed by atoms with Crippen molar-refractivity contribution in [3.63, 3.8) is 0 Å². The van der Waals surface area contributed by atoms with Crippen molar-refractivity contribution in [3.05, 3.63) is 223 Å². The van der Waals surface area contributed by atoms with Crippen LogP contribution in [0.15, 0.2) is 200 Å². The molecule has 1 spiro atoms. The summed E-state index contributed by atoms with van der Waals surface area (Å²) in [5, 5.41) is 5.07. The van der Waals surface area contributed by atoms with E-state index in [0.717, 1.165) is 33.9 Å². The lowest BCUT2D eigenvalue weighted by molar-refractivity contribution is 0.794. The highest BCUT2D eigenvalue weighted by atomic mass is 14.8. The Morgan fingerprint density at radius 3 is 1.44 bits per heavy atom. The minimum atomic E-state index is -0.517. The molecular formula is C54H33N3. The number of benzene rings is 7. The van der Waals surface area contributed by atoms with Crippen LogP contribution in [0.3, 0.4) is 0 Å². The largest absolute Gasteiger partial charge is 0.255 e. The van der Waals surface area contributed by atoms with Crippen LogP contribution in [-0.4, -0.2) is 15.0 Å². The van der Waals surface area contributed by atoms with Gasteiger partial charge in [0.15, 0.2) is 0 Å². The highest BCUT2D eigenvalue weighted by Crippen LogP contribution is 2.63. The second-order valence-corrected chi connectivity index (χ2v) is 15.1. The fourth-order valence-corrected chi connectivity index (χ4v) is 9.77. The van der Waals surface area contributed by atoms with Gasteiger partial charge in [-0.3, -0.25) is 9.97 Å². The van der Waals surface area contributed by atoms with Crippen molar-refractivity contribution in [2.75, 3.05) is 0 Å². The minimum absolute atomic E-state index is 0.517. The van der Waals surface area contributed by atoms with E-state index in [0.29, 0.717) is 0 Å². The van der Waals surface area contributed by atoms with Gasteiger partial charge in [-0.1, -0.05) is 133 Å². The molecule has 0 amide bonds. The molecule has 57 heavy (non-hydrogen) atoms. The molecule has 3 aromatic heterocycles. The second kappa shape index (κ2) is 12.3. The quantitative estimate of drug-likeness (QED) is 0.170. The van der Waals surface area contributed by atoms with E-state index < -0.39 is 5.41 Å². The summed E-state index contributed by atoms with van der Waals surface area (Å²) in [4.78, 5) is 14.5. The number of pyridine rings is 3. The molecule has 0 atom stereocenters. The van der Waals surface area contributed by atoms with Gasteiger partial charge in [0.1, 0.15) is 0 Å². The highest BCUT2D eigenvalue weighted by Gasteiger charge is 2.51. The SMILES string of the molecule is c1ccc(-c2cc(-c3ccc4c(c3)C3(c5ccccc5-c5ccccc53)c3cc(-c5cc6ccccc6c6ccccc56)ccc3-4)cc(-c3ccccn3)n2)nc1. The van der Waals surface area contributed by atoms with Gasteiger partial charge in [-0.05, 0) is 143 Å². The first kappa shape index (κ1) is 31.8. The smallest absolute Gasteiger partial charge is 0.0900 e. The maximum absolute atomic E-state index is 5.09. The van der Waals surface area contributed by atoms with Crippen LogP contribution >= 0.6 is 0 Å². The minimum Gasteiger partial charge on any atom is -0.255 e. The number of hydrogen-bond acceptors (Lipinski definition) is 3. The van der Waals surface area contributed by atoms with E-state index in [1.54, 1.807) is 0 Å². The monoisotopic (exact) mass is 723 g/mol. The number of fused-ring (bicyclic) bond motifs is 13. The predicted octanol–water partition coefficient (Wildman–Crippen LogP) is 13.2. The average Bonchev–Trinajstić information content (AvgIpc) is 3.76. The van der Waals surface area contributed by atoms with Crippen molar-refractivity contribution < 1.29 is 0 Å². The zero-order valence-electron chi connectivity index (χ0n) is 30.9. The third-order valence-electron chi connectivity index (χ3n) is 12.2. The first-order valence-corrected chi connectivity index (χ1v) is 19.5. The third-order valence-corrected chi connectivity index (χ3v) is 12.2. The lowest BCUT2D eigenvalue weighted by atomic mass is 9.70. The average molecular weight is 724 g/mol. The Morgan fingerprint density at radius 2 is 0.807 bits per heavy atom. The summed E-state index contributed by atoms with van der Waals surface area (Å²) in [5.74, 6) is 0. The van der Waals surface area contributed by atoms with Crippen LogP contribution in [0.1, 0.15) is 22.3 Å². The van der Waals surface area contributed by atoms with E-state index >= 15 is 0 Å². The van der Waals surface area contributed by atoms with Crippen LogP contribution in [0.25, 0.3) is 88.8 Å². The molecule has 7 aromatic carbocycles. The van der Waals surface area contributed by atoms with Gasteiger partial charge in [-0.2, -0.15) is 0 Å². The van der Waals surface area contributed by atoms with Gasteiger partial charge in [0.05, 0.1) is 28.2 Å². The van der Waals surface area contributed by atoms with Crippen LogP contribution in [0.5, 0.6) is 0 Å². The molecule has 0 saturated heterocycles. The van der Waals surface area contributed by atoms with E-state index in [1.807, 2.05) is 48.8 Å². The standard InChI is InChI=1S/C54H33N3/c1-2-14-38-35(13-1)29-45(40-16-4-3-15-39(38)40)36-24-26-44-43-25-23-34(37-32-52(50-21-9-11-27-55-50)57-53(33-37)51-22-10-12-28-56-51)30-48(43)54(49(44)31-36)46-19-7-5-17-41(46)42-18-6-8-20-47(42)54/h1-33H. The molecule has 0 unspecified atom stereocenters. The Labute approximate surface area is 330 Å². The van der Waals surface area contributed by atoms with Crippen LogP contribution < -0.4 is 0 Å². The molecule has 0 radical (unpaired) electrons. The Hall–Kier alpha value is -7.49. The highest BCUT2D eigenvalue weighted by molar-refractivity contribution is 6.14. The fraction of sp³-hybridized carbons (Fsp3) is 0.0185. The van der Waals surface area contributed by atoms with E-state index in [1.165, 1.54) is 77.2 Å². The van der Waals surface area contributed by atoms with Gasteiger partial charge in [-0.15, -0.1) is 0 Å². The Balaban J connectivity index is 1.13. The summed E-state index contributed by atoms with van der Waals surface area (Å²) < 4.78 is 0. The van der Waals surface area contributed by atoms with E-state index in [4.69, 9.17) is 15.0 Å². The molecule has 3 nitrogen and oxygen atoms in total. The molecule has 10 aromatic rings. The summed E-state index contributed by atoms with van der Waals surface area (Å²) in [7, 11) is 0. The van der Waals surface area contributed by atoms with Crippen molar-refractivity contribution in [1.29, 1.82) is 0 Å².